The van der Waals surface area contributed by atoms with Crippen molar-refractivity contribution in [1.82, 2.24) is 0 Å². The van der Waals surface area contributed by atoms with Gasteiger partial charge in [0.1, 0.15) is 0 Å². The van der Waals surface area contributed by atoms with E-state index in [1.54, 1.807) is 33.4 Å². The number of benzene rings is 9. The van der Waals surface area contributed by atoms with Gasteiger partial charge in [0, 0.05) is 17.1 Å². The van der Waals surface area contributed by atoms with E-state index in [1.807, 2.05) is 0 Å². The number of rotatable bonds is 18. The van der Waals surface area contributed by atoms with Gasteiger partial charge in [-0.3, -0.25) is 0 Å². The Kier molecular flexibility index (Phi) is 23.2. The van der Waals surface area contributed by atoms with Crippen LogP contribution in [0.4, 0.5) is 17.1 Å². The summed E-state index contributed by atoms with van der Waals surface area (Å²) in [7, 11) is 0. The Morgan fingerprint density at radius 3 is 0.466 bits per heavy atom. The van der Waals surface area contributed by atoms with Gasteiger partial charge in [-0.15, -0.1) is 0 Å². The van der Waals surface area contributed by atoms with Gasteiger partial charge in [0.05, 0.1) is 0 Å². The van der Waals surface area contributed by atoms with Crippen LogP contribution in [-0.2, 0) is 0 Å². The molecule has 518 valence electrons. The molecule has 6 saturated carbocycles. The monoisotopic (exact) mass is 1340 g/mol. The highest BCUT2D eigenvalue weighted by atomic mass is 15.1. The molecule has 1 nitrogen and oxygen atoms in total. The average Bonchev–Trinajstić information content (AvgIpc) is 0.808. The third kappa shape index (κ3) is 18.8. The Balaban J connectivity index is 0.791. The molecule has 6 aliphatic carbocycles. The van der Waals surface area contributed by atoms with Gasteiger partial charge < -0.3 is 4.90 Å². The molecule has 0 saturated heterocycles. The molecule has 6 aliphatic rings. The van der Waals surface area contributed by atoms with Crippen molar-refractivity contribution in [1.29, 1.82) is 0 Å². The second-order valence-electron chi connectivity index (χ2n) is 30.7. The Hall–Kier alpha value is -9.56. The summed E-state index contributed by atoms with van der Waals surface area (Å²) in [5, 5.41) is 0. The van der Waals surface area contributed by atoms with Crippen molar-refractivity contribution in [2.24, 2.45) is 0 Å². The second kappa shape index (κ2) is 34.6. The largest absolute Gasteiger partial charge is 0.311 e. The molecule has 15 rings (SSSR count). The van der Waals surface area contributed by atoms with Crippen molar-refractivity contribution >= 4 is 88.5 Å². The van der Waals surface area contributed by atoms with Crippen LogP contribution >= 0.6 is 0 Å². The van der Waals surface area contributed by atoms with E-state index in [2.05, 4.69) is 278 Å². The van der Waals surface area contributed by atoms with Crippen LogP contribution in [0.25, 0.3) is 71.4 Å². The Morgan fingerprint density at radius 1 is 0.165 bits per heavy atom. The van der Waals surface area contributed by atoms with Crippen LogP contribution in [0.15, 0.2) is 252 Å². The highest BCUT2D eigenvalue weighted by Crippen LogP contribution is 2.40. The summed E-state index contributed by atoms with van der Waals surface area (Å²) in [5.74, 6) is 0. The van der Waals surface area contributed by atoms with Gasteiger partial charge in [0.25, 0.3) is 0 Å². The maximum atomic E-state index is 2.45. The molecule has 0 N–H and O–H groups in total. The molecule has 0 bridgehead atoms. The van der Waals surface area contributed by atoms with E-state index in [-0.39, 0.29) is 0 Å². The topological polar surface area (TPSA) is 3.24 Å². The highest BCUT2D eigenvalue weighted by Gasteiger charge is 2.18. The van der Waals surface area contributed by atoms with Gasteiger partial charge in [-0.05, 0) is 309 Å². The van der Waals surface area contributed by atoms with Crippen LogP contribution in [0.3, 0.4) is 0 Å². The third-order valence-corrected chi connectivity index (χ3v) is 22.9. The van der Waals surface area contributed by atoms with Crippen molar-refractivity contribution in [3.05, 3.63) is 335 Å². The minimum atomic E-state index is 1.10. The summed E-state index contributed by atoms with van der Waals surface area (Å²) in [6.45, 7) is 0. The summed E-state index contributed by atoms with van der Waals surface area (Å²) in [4.78, 5) is 2.44. The van der Waals surface area contributed by atoms with Gasteiger partial charge in [-0.2, -0.15) is 0 Å². The molecule has 0 aliphatic heterocycles. The molecular formula is C102H105N. The van der Waals surface area contributed by atoms with Gasteiger partial charge in [-0.1, -0.05) is 290 Å². The lowest BCUT2D eigenvalue weighted by Gasteiger charge is -2.26. The molecule has 0 amide bonds. The minimum Gasteiger partial charge on any atom is -0.311 e. The lowest BCUT2D eigenvalue weighted by Crippen LogP contribution is -2.09. The van der Waals surface area contributed by atoms with E-state index in [1.165, 1.54) is 276 Å². The van der Waals surface area contributed by atoms with Gasteiger partial charge in [0.15, 0.2) is 0 Å². The SMILES string of the molecule is C(=C1CCCCC1)c1ccc(C(=Cc2ccc(N(c3ccc(C=C(c4ccc(C=C5CCCCC5)cc4)c4ccc(C=C5CCCCC5)cc4)cc3)c3ccc(C=C(c4ccc(C=C5CCCCC5)cc4)c4ccc(C=C5CCCCC5)cc4)cc3)cc2)c2ccc(C=C3CCCCC3)cc2)cc1. The Morgan fingerprint density at radius 2 is 0.311 bits per heavy atom. The molecule has 6 fully saturated rings. The fourth-order valence-electron chi connectivity index (χ4n) is 17.0. The fraction of sp³-hybridized carbons (Fsp3) is 0.294. The zero-order valence-electron chi connectivity index (χ0n) is 61.1. The lowest BCUT2D eigenvalue weighted by molar-refractivity contribution is 0.602. The van der Waals surface area contributed by atoms with Crippen LogP contribution < -0.4 is 4.90 Å². The Labute approximate surface area is 617 Å². The predicted molar refractivity (Wildman–Crippen MR) is 447 cm³/mol. The fourth-order valence-corrected chi connectivity index (χ4v) is 17.0. The highest BCUT2D eigenvalue weighted by molar-refractivity contribution is 5.95. The molecule has 0 heterocycles. The number of hydrogen-bond acceptors (Lipinski definition) is 1. The van der Waals surface area contributed by atoms with E-state index in [0.717, 1.165) is 33.8 Å². The maximum Gasteiger partial charge on any atom is 0.0462 e. The smallest absolute Gasteiger partial charge is 0.0462 e. The summed E-state index contributed by atoms with van der Waals surface area (Å²) in [6, 6.07) is 84.0. The quantitative estimate of drug-likeness (QED) is 0.0774. The van der Waals surface area contributed by atoms with Crippen LogP contribution in [0, 0.1) is 0 Å². The van der Waals surface area contributed by atoms with Crippen LogP contribution in [-0.4, -0.2) is 0 Å². The van der Waals surface area contributed by atoms with Crippen molar-refractivity contribution in [3.8, 4) is 0 Å². The summed E-state index contributed by atoms with van der Waals surface area (Å²) >= 11 is 0. The summed E-state index contributed by atoms with van der Waals surface area (Å²) in [6.07, 6.45) is 60.4. The van der Waals surface area contributed by atoms with Crippen LogP contribution in [0.1, 0.15) is 276 Å². The van der Waals surface area contributed by atoms with Crippen LogP contribution in [0.2, 0.25) is 0 Å². The van der Waals surface area contributed by atoms with Gasteiger partial charge in [-0.25, -0.2) is 0 Å². The third-order valence-electron chi connectivity index (χ3n) is 22.9. The zero-order valence-corrected chi connectivity index (χ0v) is 61.1. The average molecular weight is 1340 g/mol. The van der Waals surface area contributed by atoms with Crippen molar-refractivity contribution in [2.45, 2.75) is 193 Å². The molecule has 1 heteroatoms. The number of anilines is 3. The molecule has 103 heavy (non-hydrogen) atoms. The van der Waals surface area contributed by atoms with Crippen LogP contribution in [0.5, 0.6) is 0 Å². The lowest BCUT2D eigenvalue weighted by atomic mass is 9.91. The van der Waals surface area contributed by atoms with Crippen molar-refractivity contribution in [2.75, 3.05) is 4.90 Å². The normalized spacial score (nSPS) is 16.4. The number of allylic oxidation sites excluding steroid dienone is 6. The van der Waals surface area contributed by atoms with E-state index in [9.17, 15) is 0 Å². The summed E-state index contributed by atoms with van der Waals surface area (Å²) in [5.41, 5.74) is 35.2. The van der Waals surface area contributed by atoms with Crippen molar-refractivity contribution in [3.63, 3.8) is 0 Å². The molecule has 0 aromatic heterocycles. The molecule has 9 aromatic carbocycles. The molecule has 0 spiro atoms. The van der Waals surface area contributed by atoms with E-state index in [4.69, 9.17) is 0 Å². The first kappa shape index (κ1) is 69.2. The first-order valence-electron chi connectivity index (χ1n) is 40.0. The zero-order chi connectivity index (χ0) is 69.2. The molecule has 0 atom stereocenters. The van der Waals surface area contributed by atoms with E-state index in [0.29, 0.717) is 0 Å². The molecule has 9 aromatic rings. The van der Waals surface area contributed by atoms with Gasteiger partial charge in [0.2, 0.25) is 0 Å². The summed E-state index contributed by atoms with van der Waals surface area (Å²) < 4.78 is 0. The molecule has 0 unspecified atom stereocenters. The Bertz CT molecular complexity index is 3860. The van der Waals surface area contributed by atoms with Crippen molar-refractivity contribution < 1.29 is 0 Å². The standard InChI is InChI=1S/C102H105N/c1-7-19-76(20-8-1)67-82-31-49-91(50-32-82)100(92-51-33-83(34-52-92)68-77-21-9-2-10-22-77)73-88-43-61-97(62-44-88)103(98-63-45-89(46-64-98)74-101(93-53-35-84(36-54-93)69-78-23-11-3-12-24-78)94-55-37-85(38-56-94)70-79-25-13-4-14-26-79)99-65-47-90(48-66-99)75-102(95-57-39-86(40-58-95)71-80-27-15-5-16-28-80)96-59-41-87(42-60-96)72-81-29-17-6-18-30-81/h31-75H,1-30H2. The number of nitrogens with zero attached hydrogens (tertiary/aromatic N) is 1. The number of hydrogen-bond donors (Lipinski definition) is 0. The predicted octanol–water partition coefficient (Wildman–Crippen LogP) is 30.0. The second-order valence-corrected chi connectivity index (χ2v) is 30.7. The minimum absolute atomic E-state index is 1.10. The first-order chi connectivity index (χ1) is 50.9. The first-order valence-corrected chi connectivity index (χ1v) is 40.0. The van der Waals surface area contributed by atoms with E-state index >= 15 is 0 Å². The molecule has 0 radical (unpaired) electrons. The maximum absolute atomic E-state index is 2.45. The van der Waals surface area contributed by atoms with E-state index < -0.39 is 0 Å². The molecular weight excluding hydrogens is 1240 g/mol. The van der Waals surface area contributed by atoms with Gasteiger partial charge >= 0.3 is 0 Å².